The molecule has 0 aromatic rings. The van der Waals surface area contributed by atoms with Gasteiger partial charge in [0.15, 0.2) is 0 Å². The Hall–Kier alpha value is 0.970. The molecule has 0 aliphatic rings. The molecule has 0 aromatic heterocycles. The van der Waals surface area contributed by atoms with Crippen LogP contribution in [0.4, 0.5) is 0 Å². The van der Waals surface area contributed by atoms with Crippen LogP contribution in [0.15, 0.2) is 5.10 Å². The summed E-state index contributed by atoms with van der Waals surface area (Å²) < 4.78 is 4.86. The molecule has 10 heteroatoms. The Morgan fingerprint density at radius 3 is 1.08 bits per heavy atom. The van der Waals surface area contributed by atoms with Gasteiger partial charge in [-0.2, -0.15) is 14.8 Å². The zero-order valence-corrected chi connectivity index (χ0v) is 29.9. The maximum atomic E-state index is 7.32. The van der Waals surface area contributed by atoms with Crippen LogP contribution in [0.5, 0.6) is 0 Å². The second-order valence-electron chi connectivity index (χ2n) is 12.2. The van der Waals surface area contributed by atoms with Crippen LogP contribution in [0.25, 0.3) is 0 Å². The minimum absolute atomic E-state index is 0.242. The maximum absolute atomic E-state index is 7.32. The Morgan fingerprint density at radius 2 is 0.889 bits per heavy atom. The summed E-state index contributed by atoms with van der Waals surface area (Å²) in [6, 6.07) is 2.19. The van der Waals surface area contributed by atoms with E-state index >= 15 is 0 Å². The second kappa shape index (κ2) is 15.1. The standard InChI is InChI=1S/C26H59ClN6P2S/c1-17(2)30(18(3)4)26(34,31(19(5)6)20(7)8)29-28-25(27)35(36,32(21(9)10)22(11)12)33(23(13)14)24(15)16/h17-24,29H,34H2,1-16H3/p+1/b28-25-. The van der Waals surface area contributed by atoms with Crippen molar-refractivity contribution < 1.29 is 5.43 Å². The highest BCUT2D eigenvalue weighted by molar-refractivity contribution is 8.48. The summed E-state index contributed by atoms with van der Waals surface area (Å²) in [4.78, 5) is 5.54. The average Bonchev–Trinajstić information content (AvgIpc) is 2.63. The number of rotatable bonds is 15. The summed E-state index contributed by atoms with van der Waals surface area (Å²) in [5.41, 5.74) is 1.53. The van der Waals surface area contributed by atoms with Gasteiger partial charge in [0.25, 0.3) is 0 Å². The molecule has 0 aromatic carbocycles. The van der Waals surface area contributed by atoms with Crippen LogP contribution in [0.3, 0.4) is 0 Å². The van der Waals surface area contributed by atoms with Crippen LogP contribution >= 0.6 is 27.6 Å². The zero-order chi connectivity index (χ0) is 28.9. The largest absolute Gasteiger partial charge is 0.510 e. The van der Waals surface area contributed by atoms with Crippen molar-refractivity contribution in [2.75, 3.05) is 0 Å². The fraction of sp³-hybridized carbons (Fsp3) is 0.962. The smallest absolute Gasteiger partial charge is 0.313 e. The van der Waals surface area contributed by atoms with Crippen LogP contribution < -0.4 is 5.43 Å². The van der Waals surface area contributed by atoms with Gasteiger partial charge in [-0.15, -0.1) is 0 Å². The summed E-state index contributed by atoms with van der Waals surface area (Å²) in [7, 11) is 3.13. The van der Waals surface area contributed by atoms with Gasteiger partial charge < -0.3 is 12.2 Å². The number of hydrogen-bond donors (Lipinski definition) is 1. The predicted molar refractivity (Wildman–Crippen MR) is 170 cm³/mol. The lowest BCUT2D eigenvalue weighted by Crippen LogP contribution is -3.00. The lowest BCUT2D eigenvalue weighted by Gasteiger charge is -2.53. The Labute approximate surface area is 238 Å². The molecule has 36 heavy (non-hydrogen) atoms. The Morgan fingerprint density at radius 1 is 0.639 bits per heavy atom. The summed E-state index contributed by atoms with van der Waals surface area (Å²) in [6.45, 7) is 33.2. The van der Waals surface area contributed by atoms with Crippen LogP contribution in [0, 0.1) is 0 Å². The molecule has 0 saturated carbocycles. The first-order chi connectivity index (χ1) is 16.2. The van der Waals surface area contributed by atoms with Crippen molar-refractivity contribution in [2.45, 2.75) is 165 Å². The van der Waals surface area contributed by atoms with Gasteiger partial charge in [0.2, 0.25) is 5.53 Å². The lowest BCUT2D eigenvalue weighted by atomic mass is 10.2. The third kappa shape index (κ3) is 8.48. The molecule has 0 bridgehead atoms. The van der Waals surface area contributed by atoms with E-state index in [9.17, 15) is 0 Å². The third-order valence-electron chi connectivity index (χ3n) is 6.40. The van der Waals surface area contributed by atoms with Crippen molar-refractivity contribution >= 4 is 44.8 Å². The van der Waals surface area contributed by atoms with Crippen molar-refractivity contribution in [3.05, 3.63) is 0 Å². The van der Waals surface area contributed by atoms with Gasteiger partial charge in [0, 0.05) is 48.3 Å². The first-order valence-electron chi connectivity index (χ1n) is 13.8. The molecule has 216 valence electrons. The van der Waals surface area contributed by atoms with E-state index in [0.29, 0.717) is 29.1 Å². The molecule has 0 saturated heterocycles. The molecule has 0 aliphatic carbocycles. The molecule has 1 atom stereocenters. The van der Waals surface area contributed by atoms with Crippen LogP contribution in [-0.2, 0) is 12.2 Å². The minimum Gasteiger partial charge on any atom is -0.510 e. The summed E-state index contributed by atoms with van der Waals surface area (Å²) in [6.07, 6.45) is 0. The summed E-state index contributed by atoms with van der Waals surface area (Å²) in [5, 5.41) is 5.13. The van der Waals surface area contributed by atoms with E-state index in [1.165, 1.54) is 0 Å². The topological polar surface area (TPSA) is 41.9 Å². The number of nitrogens with zero attached hydrogens (tertiary/aromatic N) is 5. The number of hydrogen-bond acceptors (Lipinski definition) is 6. The van der Waals surface area contributed by atoms with Crippen LogP contribution in [0.2, 0.25) is 0 Å². The summed E-state index contributed by atoms with van der Waals surface area (Å²) in [5.74, 6) is 0. The molecule has 2 N–H and O–H groups in total. The van der Waals surface area contributed by atoms with E-state index in [1.807, 2.05) is 0 Å². The van der Waals surface area contributed by atoms with Gasteiger partial charge in [0.05, 0.1) is 0 Å². The molecule has 0 amide bonds. The van der Waals surface area contributed by atoms with Crippen molar-refractivity contribution in [1.82, 2.24) is 19.1 Å². The molecule has 0 radical (unpaired) electrons. The molecule has 0 fully saturated rings. The predicted octanol–water partition coefficient (Wildman–Crippen LogP) is 6.33. The fourth-order valence-electron chi connectivity index (χ4n) is 6.09. The highest BCUT2D eigenvalue weighted by Crippen LogP contribution is 2.68. The average molecular weight is 586 g/mol. The normalized spacial score (nSPS) is 15.0. The molecule has 0 aliphatic heterocycles. The number of quaternary nitrogens is 1. The van der Waals surface area contributed by atoms with Gasteiger partial charge in [-0.25, -0.2) is 9.80 Å². The van der Waals surface area contributed by atoms with Crippen molar-refractivity contribution in [3.63, 3.8) is 0 Å². The highest BCUT2D eigenvalue weighted by Gasteiger charge is 2.52. The van der Waals surface area contributed by atoms with Gasteiger partial charge in [0.1, 0.15) is 6.77 Å². The van der Waals surface area contributed by atoms with Gasteiger partial charge >= 0.3 is 4.91 Å². The monoisotopic (exact) mass is 585 g/mol. The Balaban J connectivity index is 7.16. The maximum Gasteiger partial charge on any atom is 0.313 e. The van der Waals surface area contributed by atoms with E-state index in [1.54, 1.807) is 0 Å². The van der Waals surface area contributed by atoms with E-state index in [4.69, 9.17) is 29.0 Å². The molecule has 0 rings (SSSR count). The van der Waals surface area contributed by atoms with Crippen molar-refractivity contribution in [1.29, 1.82) is 0 Å². The lowest BCUT2D eigenvalue weighted by molar-refractivity contribution is -0.756. The van der Waals surface area contributed by atoms with Gasteiger partial charge in [-0.3, -0.25) is 0 Å². The first-order valence-corrected chi connectivity index (χ1v) is 17.5. The molecule has 0 heterocycles. The quantitative estimate of drug-likeness (QED) is 0.0607. The van der Waals surface area contributed by atoms with E-state index in [0.717, 1.165) is 0 Å². The van der Waals surface area contributed by atoms with Gasteiger partial charge in [-0.05, 0) is 137 Å². The molecule has 0 spiro atoms. The summed E-state index contributed by atoms with van der Waals surface area (Å²) >= 11 is 14.0. The van der Waals surface area contributed by atoms with E-state index < -0.39 is 12.3 Å². The molecular formula is C26H60ClN6P2S+. The van der Waals surface area contributed by atoms with E-state index in [-0.39, 0.29) is 24.2 Å². The Kier molecular flexibility index (Phi) is 15.5. The molecular weight excluding hydrogens is 526 g/mol. The van der Waals surface area contributed by atoms with Gasteiger partial charge in [-0.1, -0.05) is 0 Å². The highest BCUT2D eigenvalue weighted by atomic mass is 35.5. The van der Waals surface area contributed by atoms with Crippen molar-refractivity contribution in [2.24, 2.45) is 5.10 Å². The number of halogens is 1. The first kappa shape index (κ1) is 37.0. The zero-order valence-electron chi connectivity index (χ0n) is 26.2. The second-order valence-corrected chi connectivity index (χ2v) is 17.6. The van der Waals surface area contributed by atoms with Crippen LogP contribution in [0.1, 0.15) is 111 Å². The Bertz CT molecular complexity index is 613. The molecule has 6 nitrogen and oxygen atoms in total. The fourth-order valence-corrected chi connectivity index (χ4v) is 13.7. The minimum atomic E-state index is -2.56. The number of nitrogens with two attached hydrogens (primary N) is 1. The van der Waals surface area contributed by atoms with E-state index in [2.05, 4.69) is 145 Å². The van der Waals surface area contributed by atoms with Crippen molar-refractivity contribution in [3.8, 4) is 0 Å². The SMILES string of the molecule is CC(C)N(C(C)C)C(P)([NH2+]/N=C(/Cl)[P+]([S-])(N(C(C)C)C(C)C)N(C(C)C)C(C)C)N(C(C)C)C(C)C. The van der Waals surface area contributed by atoms with Crippen LogP contribution in [-0.4, -0.2) is 77.9 Å². The molecule has 1 unspecified atom stereocenters. The third-order valence-corrected chi connectivity index (χ3v) is 13.6.